The summed E-state index contributed by atoms with van der Waals surface area (Å²) in [6, 6.07) is 10.6. The molecule has 192 valence electrons. The summed E-state index contributed by atoms with van der Waals surface area (Å²) in [6.07, 6.45) is 7.36. The first-order chi connectivity index (χ1) is 16.6. The number of aromatic nitrogens is 1. The SMILES string of the molecule is CC(C)N(CC(=O)N(Cc1cccn1Cc1ccc(F)cc1)C1CCCCC1)C(=O)C(C)(C)CCl. The number of alkyl halides is 1. The van der Waals surface area contributed by atoms with Gasteiger partial charge in [-0.1, -0.05) is 31.4 Å². The highest BCUT2D eigenvalue weighted by atomic mass is 35.5. The molecule has 0 bridgehead atoms. The molecule has 1 aliphatic carbocycles. The third-order valence-electron chi connectivity index (χ3n) is 6.96. The van der Waals surface area contributed by atoms with Gasteiger partial charge in [-0.25, -0.2) is 4.39 Å². The van der Waals surface area contributed by atoms with Gasteiger partial charge in [-0.05, 0) is 70.4 Å². The summed E-state index contributed by atoms with van der Waals surface area (Å²) < 4.78 is 15.4. The minimum Gasteiger partial charge on any atom is -0.345 e. The van der Waals surface area contributed by atoms with E-state index < -0.39 is 5.41 Å². The van der Waals surface area contributed by atoms with Crippen molar-refractivity contribution >= 4 is 23.4 Å². The number of halogens is 2. The van der Waals surface area contributed by atoms with E-state index in [9.17, 15) is 14.0 Å². The number of nitrogens with zero attached hydrogens (tertiary/aromatic N) is 3. The predicted molar refractivity (Wildman–Crippen MR) is 139 cm³/mol. The Kier molecular flexibility index (Phi) is 9.40. The summed E-state index contributed by atoms with van der Waals surface area (Å²) in [5, 5.41) is 0. The Morgan fingerprint density at radius 2 is 1.77 bits per heavy atom. The second kappa shape index (κ2) is 12.1. The lowest BCUT2D eigenvalue weighted by molar-refractivity contribution is -0.148. The highest BCUT2D eigenvalue weighted by molar-refractivity contribution is 6.19. The first kappa shape index (κ1) is 27.3. The Hall–Kier alpha value is -2.34. The van der Waals surface area contributed by atoms with Gasteiger partial charge in [0.05, 0.1) is 12.0 Å². The highest BCUT2D eigenvalue weighted by Gasteiger charge is 2.35. The van der Waals surface area contributed by atoms with Gasteiger partial charge in [-0.3, -0.25) is 9.59 Å². The van der Waals surface area contributed by atoms with Gasteiger partial charge in [0.15, 0.2) is 0 Å². The summed E-state index contributed by atoms with van der Waals surface area (Å²) in [7, 11) is 0. The van der Waals surface area contributed by atoms with Crippen LogP contribution in [0.2, 0.25) is 0 Å². The summed E-state index contributed by atoms with van der Waals surface area (Å²) in [4.78, 5) is 30.6. The molecule has 5 nitrogen and oxygen atoms in total. The lowest BCUT2D eigenvalue weighted by Crippen LogP contribution is -2.52. The molecule has 0 unspecified atom stereocenters. The van der Waals surface area contributed by atoms with Crippen molar-refractivity contribution in [1.82, 2.24) is 14.4 Å². The third-order valence-corrected chi connectivity index (χ3v) is 7.63. The number of benzene rings is 1. The monoisotopic (exact) mass is 503 g/mol. The van der Waals surface area contributed by atoms with Crippen LogP contribution in [0.5, 0.6) is 0 Å². The van der Waals surface area contributed by atoms with E-state index in [4.69, 9.17) is 11.6 Å². The zero-order valence-electron chi connectivity index (χ0n) is 21.5. The van der Waals surface area contributed by atoms with Gasteiger partial charge in [0.25, 0.3) is 0 Å². The fourth-order valence-electron chi connectivity index (χ4n) is 4.69. The van der Waals surface area contributed by atoms with Crippen LogP contribution >= 0.6 is 11.6 Å². The van der Waals surface area contributed by atoms with Crippen molar-refractivity contribution in [3.05, 3.63) is 59.7 Å². The van der Waals surface area contributed by atoms with Gasteiger partial charge in [-0.15, -0.1) is 11.6 Å². The van der Waals surface area contributed by atoms with Crippen LogP contribution in [0.25, 0.3) is 0 Å². The first-order valence-corrected chi connectivity index (χ1v) is 13.2. The van der Waals surface area contributed by atoms with Crippen LogP contribution in [0.15, 0.2) is 42.6 Å². The molecule has 1 aromatic carbocycles. The van der Waals surface area contributed by atoms with Crippen molar-refractivity contribution in [1.29, 1.82) is 0 Å². The minimum atomic E-state index is -0.731. The van der Waals surface area contributed by atoms with Crippen molar-refractivity contribution in [3.8, 4) is 0 Å². The van der Waals surface area contributed by atoms with Crippen molar-refractivity contribution in [3.63, 3.8) is 0 Å². The first-order valence-electron chi connectivity index (χ1n) is 12.7. The predicted octanol–water partition coefficient (Wildman–Crippen LogP) is 5.84. The van der Waals surface area contributed by atoms with Crippen LogP contribution in [0.4, 0.5) is 4.39 Å². The van der Waals surface area contributed by atoms with E-state index in [1.54, 1.807) is 17.0 Å². The van der Waals surface area contributed by atoms with E-state index in [0.717, 1.165) is 36.9 Å². The maximum Gasteiger partial charge on any atom is 0.242 e. The maximum atomic E-state index is 13.8. The molecule has 0 N–H and O–H groups in total. The van der Waals surface area contributed by atoms with Crippen molar-refractivity contribution in [2.24, 2.45) is 5.41 Å². The molecule has 1 saturated carbocycles. The quantitative estimate of drug-likeness (QED) is 0.382. The van der Waals surface area contributed by atoms with Gasteiger partial charge in [0.1, 0.15) is 12.4 Å². The van der Waals surface area contributed by atoms with Crippen molar-refractivity contribution in [2.75, 3.05) is 12.4 Å². The smallest absolute Gasteiger partial charge is 0.242 e. The van der Waals surface area contributed by atoms with Crippen molar-refractivity contribution < 1.29 is 14.0 Å². The Morgan fingerprint density at radius 1 is 1.11 bits per heavy atom. The maximum absolute atomic E-state index is 13.8. The average Bonchev–Trinajstić information content (AvgIpc) is 3.28. The number of carbonyl (C=O) groups is 2. The summed E-state index contributed by atoms with van der Waals surface area (Å²) in [5.41, 5.74) is 1.29. The molecule has 1 heterocycles. The van der Waals surface area contributed by atoms with Crippen LogP contribution in [-0.4, -0.2) is 50.7 Å². The third kappa shape index (κ3) is 7.09. The summed E-state index contributed by atoms with van der Waals surface area (Å²) in [6.45, 7) is 8.66. The van der Waals surface area contributed by atoms with Gasteiger partial charge >= 0.3 is 0 Å². The van der Waals surface area contributed by atoms with Crippen LogP contribution in [0.1, 0.15) is 71.1 Å². The molecule has 1 fully saturated rings. The molecule has 1 aliphatic rings. The molecule has 0 spiro atoms. The number of hydrogen-bond acceptors (Lipinski definition) is 2. The molecule has 2 amide bonds. The lowest BCUT2D eigenvalue weighted by atomic mass is 9.93. The fraction of sp³-hybridized carbons (Fsp3) is 0.571. The molecule has 0 radical (unpaired) electrons. The molecule has 2 aromatic rings. The highest BCUT2D eigenvalue weighted by Crippen LogP contribution is 2.26. The minimum absolute atomic E-state index is 0.0288. The average molecular weight is 504 g/mol. The molecule has 0 aliphatic heterocycles. The summed E-state index contributed by atoms with van der Waals surface area (Å²) >= 11 is 6.08. The van der Waals surface area contributed by atoms with E-state index in [-0.39, 0.29) is 42.1 Å². The molecule has 1 aromatic heterocycles. The standard InChI is InChI=1S/C28H39ClFN3O2/c1-21(2)32(27(35)28(3,4)20-29)19-26(34)33(24-9-6-5-7-10-24)18-25-11-8-16-31(25)17-22-12-14-23(30)15-13-22/h8,11-16,21,24H,5-7,9-10,17-20H2,1-4H3. The normalized spacial score (nSPS) is 14.8. The van der Waals surface area contributed by atoms with Crippen LogP contribution in [0, 0.1) is 11.2 Å². The largest absolute Gasteiger partial charge is 0.345 e. The van der Waals surface area contributed by atoms with E-state index in [1.807, 2.05) is 50.9 Å². The lowest BCUT2D eigenvalue weighted by Gasteiger charge is -2.38. The Balaban J connectivity index is 1.82. The van der Waals surface area contributed by atoms with Crippen LogP contribution in [-0.2, 0) is 22.7 Å². The second-order valence-corrected chi connectivity index (χ2v) is 10.9. The Bertz CT molecular complexity index is 980. The van der Waals surface area contributed by atoms with Crippen LogP contribution < -0.4 is 0 Å². The molecule has 35 heavy (non-hydrogen) atoms. The van der Waals surface area contributed by atoms with E-state index >= 15 is 0 Å². The number of hydrogen-bond donors (Lipinski definition) is 0. The van der Waals surface area contributed by atoms with E-state index in [1.165, 1.54) is 18.6 Å². The van der Waals surface area contributed by atoms with Gasteiger partial charge in [-0.2, -0.15) is 0 Å². The zero-order valence-corrected chi connectivity index (χ0v) is 22.2. The molecular weight excluding hydrogens is 465 g/mol. The molecule has 3 rings (SSSR count). The number of carbonyl (C=O) groups excluding carboxylic acids is 2. The van der Waals surface area contributed by atoms with Crippen molar-refractivity contribution in [2.45, 2.75) is 85.0 Å². The Labute approximate surface area is 214 Å². The summed E-state index contributed by atoms with van der Waals surface area (Å²) in [5.74, 6) is -0.179. The Morgan fingerprint density at radius 3 is 2.37 bits per heavy atom. The van der Waals surface area contributed by atoms with Gasteiger partial charge in [0, 0.05) is 36.4 Å². The van der Waals surface area contributed by atoms with Gasteiger partial charge in [0.2, 0.25) is 11.8 Å². The molecule has 0 atom stereocenters. The molecule has 0 saturated heterocycles. The molecular formula is C28H39ClFN3O2. The zero-order chi connectivity index (χ0) is 25.6. The second-order valence-electron chi connectivity index (χ2n) is 10.6. The number of amides is 2. The van der Waals surface area contributed by atoms with Crippen LogP contribution in [0.3, 0.4) is 0 Å². The topological polar surface area (TPSA) is 45.6 Å². The van der Waals surface area contributed by atoms with Gasteiger partial charge < -0.3 is 14.4 Å². The molecule has 7 heteroatoms. The number of rotatable bonds is 10. The van der Waals surface area contributed by atoms with E-state index in [0.29, 0.717) is 13.1 Å². The fourth-order valence-corrected chi connectivity index (χ4v) is 4.81. The van der Waals surface area contributed by atoms with E-state index in [2.05, 4.69) is 4.57 Å².